The molecule has 2 saturated heterocycles. The lowest BCUT2D eigenvalue weighted by molar-refractivity contribution is -0.135. The maximum atomic E-state index is 14.0. The number of imidazole rings is 1. The number of likely N-dealkylation sites (tertiary alicyclic amines) is 2. The fourth-order valence-corrected chi connectivity index (χ4v) is 8.49. The number of alkyl carbamates (subject to hydrolysis) is 2. The number of nitrogens with one attached hydrogen (secondary N) is 4. The second-order valence-corrected chi connectivity index (χ2v) is 15.3. The quantitative estimate of drug-likeness (QED) is 0.110. The molecular weight excluding hydrogens is 789 g/mol. The highest BCUT2D eigenvalue weighted by Gasteiger charge is 2.39. The van der Waals surface area contributed by atoms with E-state index in [-0.39, 0.29) is 23.9 Å². The Labute approximate surface area is 356 Å². The maximum Gasteiger partial charge on any atom is 0.407 e. The second kappa shape index (κ2) is 17.2. The first-order valence-corrected chi connectivity index (χ1v) is 20.5. The summed E-state index contributed by atoms with van der Waals surface area (Å²) in [5, 5.41) is 6.24. The van der Waals surface area contributed by atoms with E-state index >= 15 is 0 Å². The number of pyridine rings is 1. The number of benzene rings is 3. The van der Waals surface area contributed by atoms with Crippen molar-refractivity contribution in [1.29, 1.82) is 0 Å². The first-order chi connectivity index (χ1) is 30.3. The van der Waals surface area contributed by atoms with Crippen LogP contribution in [-0.2, 0) is 19.1 Å². The number of rotatable bonds is 10. The van der Waals surface area contributed by atoms with Crippen molar-refractivity contribution >= 4 is 46.2 Å². The Morgan fingerprint density at radius 2 is 1.24 bits per heavy atom. The molecule has 0 aliphatic carbocycles. The molecule has 4 unspecified atom stereocenters. The molecule has 0 saturated carbocycles. The van der Waals surface area contributed by atoms with Crippen molar-refractivity contribution in [3.63, 3.8) is 0 Å². The van der Waals surface area contributed by atoms with E-state index in [1.165, 1.54) is 14.2 Å². The van der Waals surface area contributed by atoms with Crippen LogP contribution >= 0.6 is 0 Å². The number of carbonyl (C=O) groups excluding carboxylic acids is 4. The predicted octanol–water partition coefficient (Wildman–Crippen LogP) is 7.08. The third-order valence-electron chi connectivity index (χ3n) is 11.6. The van der Waals surface area contributed by atoms with Gasteiger partial charge in [0.15, 0.2) is 11.5 Å². The molecule has 62 heavy (non-hydrogen) atoms. The molecule has 314 valence electrons. The highest BCUT2D eigenvalue weighted by molar-refractivity contribution is 5.89. The van der Waals surface area contributed by atoms with Crippen LogP contribution in [-0.4, -0.2) is 91.0 Å². The number of fused-ring (bicyclic) bond motifs is 2. The Hall–Kier alpha value is -7.62. The lowest BCUT2D eigenvalue weighted by Crippen LogP contribution is -2.43. The number of H-pyrrole nitrogens is 2. The summed E-state index contributed by atoms with van der Waals surface area (Å²) in [6.07, 6.45) is 5.15. The van der Waals surface area contributed by atoms with Crippen LogP contribution < -0.4 is 10.6 Å². The summed E-state index contributed by atoms with van der Waals surface area (Å²) in [7, 11) is 2.54. The SMILES string of the molecule is COC(=O)NC(C(=O)N1CCCC1c1ncc2cc(-c3ccc(-c4cnc5nc(C6CCCN6C(=O)C(NC(=O)OC)c6ccccc6)[nH]c5c4)cc3)[nH]c2n1)c1ccccc1. The zero-order chi connectivity index (χ0) is 42.7. The minimum absolute atomic E-state index is 0.239. The Morgan fingerprint density at radius 3 is 1.85 bits per heavy atom. The molecule has 4 atom stereocenters. The summed E-state index contributed by atoms with van der Waals surface area (Å²) in [6.45, 7) is 1.03. The summed E-state index contributed by atoms with van der Waals surface area (Å²) in [5.41, 5.74) is 6.93. The number of hydrogen-bond acceptors (Lipinski definition) is 10. The van der Waals surface area contributed by atoms with Crippen LogP contribution in [0, 0.1) is 0 Å². The van der Waals surface area contributed by atoms with Crippen molar-refractivity contribution in [2.24, 2.45) is 0 Å². The van der Waals surface area contributed by atoms with Gasteiger partial charge in [-0.2, -0.15) is 0 Å². The largest absolute Gasteiger partial charge is 0.453 e. The van der Waals surface area contributed by atoms with Crippen LogP contribution in [0.4, 0.5) is 9.59 Å². The molecule has 7 aromatic rings. The van der Waals surface area contributed by atoms with Gasteiger partial charge in [-0.1, -0.05) is 84.9 Å². The Kier molecular flexibility index (Phi) is 11.0. The number of nitrogens with zero attached hydrogens (tertiary/aromatic N) is 6. The summed E-state index contributed by atoms with van der Waals surface area (Å²) in [4.78, 5) is 81.9. The van der Waals surface area contributed by atoms with Crippen molar-refractivity contribution in [2.45, 2.75) is 49.9 Å². The van der Waals surface area contributed by atoms with E-state index in [0.29, 0.717) is 60.0 Å². The summed E-state index contributed by atoms with van der Waals surface area (Å²) < 4.78 is 9.67. The molecule has 6 heterocycles. The monoisotopic (exact) mass is 832 g/mol. The lowest BCUT2D eigenvalue weighted by atomic mass is 10.0. The van der Waals surface area contributed by atoms with Gasteiger partial charge in [-0.05, 0) is 60.1 Å². The molecule has 0 spiro atoms. The van der Waals surface area contributed by atoms with Gasteiger partial charge in [-0.25, -0.2) is 29.5 Å². The first kappa shape index (κ1) is 39.8. The smallest absolute Gasteiger partial charge is 0.407 e. The van der Waals surface area contributed by atoms with Crippen LogP contribution in [0.5, 0.6) is 0 Å². The molecule has 3 aromatic carbocycles. The Bertz CT molecular complexity index is 2650. The van der Waals surface area contributed by atoms with Crippen LogP contribution in [0.2, 0.25) is 0 Å². The predicted molar refractivity (Wildman–Crippen MR) is 229 cm³/mol. The molecule has 0 bridgehead atoms. The molecule has 9 rings (SSSR count). The molecule has 4 aromatic heterocycles. The molecule has 16 nitrogen and oxygen atoms in total. The zero-order valence-electron chi connectivity index (χ0n) is 34.1. The molecule has 16 heteroatoms. The minimum Gasteiger partial charge on any atom is -0.453 e. The molecular formula is C46H44N10O6. The van der Waals surface area contributed by atoms with Gasteiger partial charge in [0.05, 0.1) is 31.8 Å². The van der Waals surface area contributed by atoms with Crippen LogP contribution in [0.25, 0.3) is 44.6 Å². The van der Waals surface area contributed by atoms with Crippen LogP contribution in [0.3, 0.4) is 0 Å². The highest BCUT2D eigenvalue weighted by Crippen LogP contribution is 2.36. The lowest BCUT2D eigenvalue weighted by Gasteiger charge is -2.28. The van der Waals surface area contributed by atoms with Gasteiger partial charge >= 0.3 is 12.2 Å². The highest BCUT2D eigenvalue weighted by atomic mass is 16.5. The molecule has 2 aliphatic rings. The first-order valence-electron chi connectivity index (χ1n) is 20.5. The van der Waals surface area contributed by atoms with E-state index in [4.69, 9.17) is 24.4 Å². The Morgan fingerprint density at radius 1 is 0.661 bits per heavy atom. The van der Waals surface area contributed by atoms with Gasteiger partial charge in [-0.3, -0.25) is 9.59 Å². The second-order valence-electron chi connectivity index (χ2n) is 15.3. The van der Waals surface area contributed by atoms with Gasteiger partial charge in [0, 0.05) is 42.1 Å². The van der Waals surface area contributed by atoms with E-state index in [9.17, 15) is 19.2 Å². The van der Waals surface area contributed by atoms with E-state index < -0.39 is 24.3 Å². The number of carbonyl (C=O) groups is 4. The summed E-state index contributed by atoms with van der Waals surface area (Å²) >= 11 is 0. The fraction of sp³-hybridized carbons (Fsp3) is 0.261. The average Bonchev–Trinajstić information content (AvgIpc) is 4.16. The van der Waals surface area contributed by atoms with Crippen molar-refractivity contribution in [1.82, 2.24) is 50.3 Å². The van der Waals surface area contributed by atoms with Crippen LogP contribution in [0.1, 0.15) is 72.6 Å². The van der Waals surface area contributed by atoms with Crippen molar-refractivity contribution < 1.29 is 28.7 Å². The topological polar surface area (TPSA) is 200 Å². The molecule has 0 radical (unpaired) electrons. The normalized spacial score (nSPS) is 17.2. The number of hydrogen-bond donors (Lipinski definition) is 4. The fourth-order valence-electron chi connectivity index (χ4n) is 8.49. The molecule has 4 N–H and O–H groups in total. The van der Waals surface area contributed by atoms with E-state index in [1.54, 1.807) is 46.5 Å². The van der Waals surface area contributed by atoms with E-state index in [1.807, 2.05) is 72.8 Å². The average molecular weight is 833 g/mol. The number of ether oxygens (including phenoxy) is 2. The maximum absolute atomic E-state index is 14.0. The van der Waals surface area contributed by atoms with Crippen molar-refractivity contribution in [3.05, 3.63) is 132 Å². The van der Waals surface area contributed by atoms with Gasteiger partial charge in [0.1, 0.15) is 23.6 Å². The third kappa shape index (κ3) is 7.89. The molecule has 2 fully saturated rings. The van der Waals surface area contributed by atoms with Gasteiger partial charge < -0.3 is 39.9 Å². The van der Waals surface area contributed by atoms with Gasteiger partial charge in [0.25, 0.3) is 11.8 Å². The van der Waals surface area contributed by atoms with Gasteiger partial charge in [0.2, 0.25) is 0 Å². The molecule has 2 aliphatic heterocycles. The van der Waals surface area contributed by atoms with E-state index in [0.717, 1.165) is 46.1 Å². The van der Waals surface area contributed by atoms with Gasteiger partial charge in [-0.15, -0.1) is 0 Å². The standard InChI is InChI=1S/C46H44N10O6/c1-61-45(59)51-37(29-11-5-3-6-12-29)43(57)55-21-9-15-35(55)41-48-26-32-24-33(49-39(32)53-41)28-19-17-27(18-20-28)31-23-34-40(47-25-31)54-42(50-34)36-16-10-22-56(36)44(58)38(52-46(60)62-2)30-13-7-4-8-14-30/h3-8,11-14,17-20,23-26,35-38H,9-10,15-16,21-22H2,1-2H3,(H,51,59)(H,52,60)(H,47,50,54)(H,48,49,53). The number of methoxy groups -OCH3 is 2. The summed E-state index contributed by atoms with van der Waals surface area (Å²) in [6, 6.07) is 27.9. The minimum atomic E-state index is -0.916. The number of aromatic nitrogens is 6. The summed E-state index contributed by atoms with van der Waals surface area (Å²) in [5.74, 6) is 0.677. The van der Waals surface area contributed by atoms with Crippen molar-refractivity contribution in [3.8, 4) is 22.4 Å². The number of amides is 4. The zero-order valence-corrected chi connectivity index (χ0v) is 34.1. The Balaban J connectivity index is 0.910. The van der Waals surface area contributed by atoms with E-state index in [2.05, 4.69) is 25.6 Å². The third-order valence-corrected chi connectivity index (χ3v) is 11.6. The number of aromatic amines is 2. The van der Waals surface area contributed by atoms with Crippen LogP contribution in [0.15, 0.2) is 109 Å². The molecule has 4 amide bonds. The van der Waals surface area contributed by atoms with Crippen molar-refractivity contribution in [2.75, 3.05) is 27.3 Å².